The lowest BCUT2D eigenvalue weighted by Gasteiger charge is -2.28. The number of hydrogen-bond acceptors (Lipinski definition) is 4. The summed E-state index contributed by atoms with van der Waals surface area (Å²) in [5.41, 5.74) is 5.02. The quantitative estimate of drug-likeness (QED) is 0.249. The van der Waals surface area contributed by atoms with Crippen molar-refractivity contribution >= 4 is 14.8 Å². The highest BCUT2D eigenvalue weighted by Gasteiger charge is 2.39. The van der Waals surface area contributed by atoms with Gasteiger partial charge in [-0.1, -0.05) is 51.4 Å². The molecule has 0 radical (unpaired) electrons. The van der Waals surface area contributed by atoms with E-state index in [2.05, 4.69) is 5.32 Å². The van der Waals surface area contributed by atoms with Crippen molar-refractivity contribution in [1.29, 1.82) is 0 Å². The maximum absolute atomic E-state index is 10.5. The fourth-order valence-corrected chi connectivity index (χ4v) is 5.78. The number of rotatable bonds is 19. The number of nitrogens with two attached hydrogens (primary N) is 1. The van der Waals surface area contributed by atoms with Crippen LogP contribution in [0.1, 0.15) is 85.0 Å². The Bertz CT molecular complexity index is 316. The van der Waals surface area contributed by atoms with E-state index in [1.165, 1.54) is 51.4 Å². The summed E-state index contributed by atoms with van der Waals surface area (Å²) in [4.78, 5) is 10.5. The van der Waals surface area contributed by atoms with Crippen molar-refractivity contribution < 1.29 is 18.1 Å². The zero-order valence-electron chi connectivity index (χ0n) is 17.3. The molecule has 3 N–H and O–H groups in total. The minimum Gasteiger partial charge on any atom is -0.374 e. The Morgan fingerprint density at radius 3 is 1.50 bits per heavy atom. The zero-order chi connectivity index (χ0) is 19.5. The van der Waals surface area contributed by atoms with E-state index in [0.717, 1.165) is 18.9 Å². The number of carbonyl (C=O) groups is 1. The highest BCUT2D eigenvalue weighted by Crippen LogP contribution is 2.21. The van der Waals surface area contributed by atoms with Gasteiger partial charge in [-0.05, 0) is 33.6 Å². The third-order valence-corrected chi connectivity index (χ3v) is 7.45. The van der Waals surface area contributed by atoms with Crippen molar-refractivity contribution in [3.05, 3.63) is 0 Å². The molecule has 2 amide bonds. The summed E-state index contributed by atoms with van der Waals surface area (Å²) in [6, 6.07) is 0.510. The Balaban J connectivity index is 3.56. The van der Waals surface area contributed by atoms with Crippen LogP contribution < -0.4 is 11.1 Å². The Kier molecular flexibility index (Phi) is 17.3. The summed E-state index contributed by atoms with van der Waals surface area (Å²) < 4.78 is 17.7. The molecule has 0 aliphatic heterocycles. The minimum absolute atomic E-state index is 0.423. The molecule has 0 aromatic carbocycles. The average molecular weight is 391 g/mol. The molecular formula is C19H42N2O4Si. The molecule has 26 heavy (non-hydrogen) atoms. The number of nitrogens with one attached hydrogen (secondary N) is 1. The van der Waals surface area contributed by atoms with Gasteiger partial charge in [0, 0.05) is 32.4 Å². The molecule has 0 aliphatic rings. The first-order valence-electron chi connectivity index (χ1n) is 10.5. The molecule has 0 spiro atoms. The first kappa shape index (κ1) is 25.4. The van der Waals surface area contributed by atoms with Gasteiger partial charge in [0.05, 0.1) is 0 Å². The van der Waals surface area contributed by atoms with Gasteiger partial charge in [-0.25, -0.2) is 4.79 Å². The van der Waals surface area contributed by atoms with E-state index < -0.39 is 14.8 Å². The van der Waals surface area contributed by atoms with Gasteiger partial charge < -0.3 is 24.3 Å². The second-order valence-corrected chi connectivity index (χ2v) is 9.29. The number of carbonyl (C=O) groups excluding carboxylic acids is 1. The van der Waals surface area contributed by atoms with Crippen molar-refractivity contribution in [1.82, 2.24) is 5.32 Å². The van der Waals surface area contributed by atoms with Gasteiger partial charge in [-0.2, -0.15) is 0 Å². The van der Waals surface area contributed by atoms with Crippen molar-refractivity contribution in [3.63, 3.8) is 0 Å². The summed E-state index contributed by atoms with van der Waals surface area (Å²) in [6.07, 6.45) is 12.3. The second kappa shape index (κ2) is 17.8. The molecule has 0 aliphatic carbocycles. The molecule has 0 fully saturated rings. The standard InChI is InChI=1S/C19H42N2O4Si/c1-4-23-26(24-5-2,25-6-3)18-16-14-12-10-8-7-9-11-13-15-17-21-19(20)22/h4-18H2,1-3H3,(H3,20,21,22). The van der Waals surface area contributed by atoms with Gasteiger partial charge >= 0.3 is 14.8 Å². The monoisotopic (exact) mass is 390 g/mol. The van der Waals surface area contributed by atoms with Gasteiger partial charge in [0.2, 0.25) is 0 Å². The van der Waals surface area contributed by atoms with E-state index in [1.54, 1.807) is 0 Å². The third kappa shape index (κ3) is 14.5. The molecule has 0 unspecified atom stereocenters. The molecule has 0 heterocycles. The van der Waals surface area contributed by atoms with Crippen molar-refractivity contribution in [2.75, 3.05) is 26.4 Å². The summed E-state index contributed by atoms with van der Waals surface area (Å²) in [5, 5.41) is 2.63. The highest BCUT2D eigenvalue weighted by molar-refractivity contribution is 6.60. The molecule has 0 aromatic rings. The Hall–Kier alpha value is -0.633. The smallest absolute Gasteiger partial charge is 0.374 e. The van der Waals surface area contributed by atoms with E-state index >= 15 is 0 Å². The van der Waals surface area contributed by atoms with Crippen LogP contribution in [0.25, 0.3) is 0 Å². The van der Waals surface area contributed by atoms with E-state index in [-0.39, 0.29) is 0 Å². The summed E-state index contributed by atoms with van der Waals surface area (Å²) in [6.45, 7) is 8.70. The van der Waals surface area contributed by atoms with Crippen LogP contribution in [-0.2, 0) is 13.3 Å². The summed E-state index contributed by atoms with van der Waals surface area (Å²) in [5.74, 6) is 0. The highest BCUT2D eigenvalue weighted by atomic mass is 28.4. The normalized spacial score (nSPS) is 11.7. The van der Waals surface area contributed by atoms with E-state index in [0.29, 0.717) is 26.4 Å². The van der Waals surface area contributed by atoms with E-state index in [4.69, 9.17) is 19.0 Å². The van der Waals surface area contributed by atoms with Crippen LogP contribution in [0.3, 0.4) is 0 Å². The molecule has 0 saturated carbocycles. The third-order valence-electron chi connectivity index (χ3n) is 4.30. The van der Waals surface area contributed by atoms with Crippen LogP contribution in [-0.4, -0.2) is 41.2 Å². The lowest BCUT2D eigenvalue weighted by atomic mass is 10.1. The fourth-order valence-electron chi connectivity index (χ4n) is 3.09. The number of hydrogen-bond donors (Lipinski definition) is 2. The molecule has 7 heteroatoms. The summed E-state index contributed by atoms with van der Waals surface area (Å²) in [7, 11) is -2.43. The molecule has 0 saturated heterocycles. The molecule has 0 bridgehead atoms. The van der Waals surface area contributed by atoms with Gasteiger partial charge in [0.15, 0.2) is 0 Å². The van der Waals surface area contributed by atoms with Crippen molar-refractivity contribution in [3.8, 4) is 0 Å². The molecule has 156 valence electrons. The average Bonchev–Trinajstić information content (AvgIpc) is 2.59. The van der Waals surface area contributed by atoms with Crippen molar-refractivity contribution in [2.24, 2.45) is 5.73 Å². The van der Waals surface area contributed by atoms with E-state index in [9.17, 15) is 4.79 Å². The van der Waals surface area contributed by atoms with Gasteiger partial charge in [-0.15, -0.1) is 0 Å². The predicted molar refractivity (Wildman–Crippen MR) is 109 cm³/mol. The Morgan fingerprint density at radius 2 is 1.12 bits per heavy atom. The largest absolute Gasteiger partial charge is 0.500 e. The first-order chi connectivity index (χ1) is 12.6. The maximum Gasteiger partial charge on any atom is 0.500 e. The maximum atomic E-state index is 10.5. The van der Waals surface area contributed by atoms with Gasteiger partial charge in [0.25, 0.3) is 0 Å². The molecule has 0 aromatic heterocycles. The molecule has 6 nitrogen and oxygen atoms in total. The second-order valence-electron chi connectivity index (χ2n) is 6.56. The predicted octanol–water partition coefficient (Wildman–Crippen LogP) is 4.60. The number of unbranched alkanes of at least 4 members (excludes halogenated alkanes) is 9. The van der Waals surface area contributed by atoms with Crippen LogP contribution in [0.2, 0.25) is 6.04 Å². The SMILES string of the molecule is CCO[Si](CCCCCCCCCCCCNC(N)=O)(OCC)OCC. The van der Waals surface area contributed by atoms with Crippen LogP contribution >= 0.6 is 0 Å². The fraction of sp³-hybridized carbons (Fsp3) is 0.947. The summed E-state index contributed by atoms with van der Waals surface area (Å²) >= 11 is 0. The lowest BCUT2D eigenvalue weighted by Crippen LogP contribution is -2.45. The van der Waals surface area contributed by atoms with Crippen LogP contribution in [0.5, 0.6) is 0 Å². The van der Waals surface area contributed by atoms with Crippen LogP contribution in [0.4, 0.5) is 4.79 Å². The van der Waals surface area contributed by atoms with E-state index in [1.807, 2.05) is 20.8 Å². The zero-order valence-corrected chi connectivity index (χ0v) is 18.3. The number of primary amides is 1. The van der Waals surface area contributed by atoms with Gasteiger partial charge in [0.1, 0.15) is 0 Å². The van der Waals surface area contributed by atoms with Crippen molar-refractivity contribution in [2.45, 2.75) is 91.0 Å². The first-order valence-corrected chi connectivity index (χ1v) is 12.5. The molecule has 0 rings (SSSR count). The number of urea groups is 1. The Labute approximate surface area is 161 Å². The Morgan fingerprint density at radius 1 is 0.731 bits per heavy atom. The van der Waals surface area contributed by atoms with Gasteiger partial charge in [-0.3, -0.25) is 0 Å². The van der Waals surface area contributed by atoms with Crippen LogP contribution in [0, 0.1) is 0 Å². The van der Waals surface area contributed by atoms with Crippen LogP contribution in [0.15, 0.2) is 0 Å². The molecular weight excluding hydrogens is 348 g/mol. The topological polar surface area (TPSA) is 82.8 Å². The number of amides is 2. The molecule has 0 atom stereocenters. The lowest BCUT2D eigenvalue weighted by molar-refractivity contribution is 0.0706. The minimum atomic E-state index is -2.43.